The third kappa shape index (κ3) is 1.83. The summed E-state index contributed by atoms with van der Waals surface area (Å²) in [5.74, 6) is 1.32. The standard InChI is InChI=1S/C5H7NO/c1-3-4(2)5(6)7/h1,4H,2H3,(H2,6,7). The van der Waals surface area contributed by atoms with Crippen LogP contribution in [0.3, 0.4) is 0 Å². The molecular weight excluding hydrogens is 90.1 g/mol. The molecule has 0 aliphatic carbocycles. The van der Waals surface area contributed by atoms with Gasteiger partial charge in [-0.1, -0.05) is 5.92 Å². The number of terminal acetylenes is 1. The predicted molar refractivity (Wildman–Crippen MR) is 27.2 cm³/mol. The van der Waals surface area contributed by atoms with Crippen LogP contribution >= 0.6 is 0 Å². The largest absolute Gasteiger partial charge is 0.369 e. The normalized spacial score (nSPS) is 12.0. The molecule has 0 radical (unpaired) electrons. The molecule has 38 valence electrons. The zero-order chi connectivity index (χ0) is 5.86. The molecule has 1 amide bonds. The second kappa shape index (κ2) is 2.25. The molecular formula is C5H7NO. The van der Waals surface area contributed by atoms with Crippen LogP contribution < -0.4 is 5.73 Å². The highest BCUT2D eigenvalue weighted by molar-refractivity contribution is 5.78. The fourth-order valence-electron chi connectivity index (χ4n) is 0.0821. The Hall–Kier alpha value is -0.970. The van der Waals surface area contributed by atoms with E-state index >= 15 is 0 Å². The van der Waals surface area contributed by atoms with Gasteiger partial charge in [-0.05, 0) is 6.92 Å². The average Bonchev–Trinajstić information content (AvgIpc) is 1.65. The summed E-state index contributed by atoms with van der Waals surface area (Å²) < 4.78 is 0. The Labute approximate surface area is 42.7 Å². The first-order valence-corrected chi connectivity index (χ1v) is 1.94. The highest BCUT2D eigenvalue weighted by Crippen LogP contribution is 1.85. The highest BCUT2D eigenvalue weighted by atomic mass is 16.1. The summed E-state index contributed by atoms with van der Waals surface area (Å²) in [6.07, 6.45) is 4.82. The summed E-state index contributed by atoms with van der Waals surface area (Å²) in [5.41, 5.74) is 4.77. The molecule has 2 nitrogen and oxygen atoms in total. The summed E-state index contributed by atoms with van der Waals surface area (Å²) in [7, 11) is 0. The maximum Gasteiger partial charge on any atom is 0.232 e. The number of carbonyl (C=O) groups is 1. The molecule has 0 aromatic carbocycles. The van der Waals surface area contributed by atoms with Crippen molar-refractivity contribution < 1.29 is 4.79 Å². The smallest absolute Gasteiger partial charge is 0.232 e. The zero-order valence-electron chi connectivity index (χ0n) is 4.14. The van der Waals surface area contributed by atoms with Crippen molar-refractivity contribution in [1.82, 2.24) is 0 Å². The van der Waals surface area contributed by atoms with Crippen LogP contribution in [0.25, 0.3) is 0 Å². The zero-order valence-corrected chi connectivity index (χ0v) is 4.14. The molecule has 0 rings (SSSR count). The van der Waals surface area contributed by atoms with Gasteiger partial charge in [-0.25, -0.2) is 0 Å². The predicted octanol–water partition coefficient (Wildman–Crippen LogP) is -0.259. The average molecular weight is 97.1 g/mol. The number of nitrogens with two attached hydrogens (primary N) is 1. The second-order valence-electron chi connectivity index (χ2n) is 1.29. The third-order valence-electron chi connectivity index (χ3n) is 0.677. The van der Waals surface area contributed by atoms with E-state index in [0.717, 1.165) is 0 Å². The van der Waals surface area contributed by atoms with Gasteiger partial charge in [0.1, 0.15) is 0 Å². The minimum absolute atomic E-state index is 0.431. The van der Waals surface area contributed by atoms with Crippen molar-refractivity contribution in [2.24, 2.45) is 11.7 Å². The van der Waals surface area contributed by atoms with Crippen molar-refractivity contribution in [1.29, 1.82) is 0 Å². The fourth-order valence-corrected chi connectivity index (χ4v) is 0.0821. The van der Waals surface area contributed by atoms with E-state index in [0.29, 0.717) is 0 Å². The lowest BCUT2D eigenvalue weighted by Gasteiger charge is -1.90. The Balaban J connectivity index is 3.63. The molecule has 2 N–H and O–H groups in total. The molecule has 0 fully saturated rings. The number of primary amides is 1. The number of hydrogen-bond donors (Lipinski definition) is 1. The van der Waals surface area contributed by atoms with Crippen LogP contribution in [-0.4, -0.2) is 5.91 Å². The quantitative estimate of drug-likeness (QED) is 0.450. The lowest BCUT2D eigenvalue weighted by molar-refractivity contribution is -0.119. The van der Waals surface area contributed by atoms with Gasteiger partial charge in [-0.15, -0.1) is 6.42 Å². The molecule has 0 aliphatic heterocycles. The van der Waals surface area contributed by atoms with Crippen LogP contribution in [0.2, 0.25) is 0 Å². The van der Waals surface area contributed by atoms with Crippen molar-refractivity contribution in [2.45, 2.75) is 6.92 Å². The third-order valence-corrected chi connectivity index (χ3v) is 0.677. The van der Waals surface area contributed by atoms with Crippen LogP contribution in [0.5, 0.6) is 0 Å². The van der Waals surface area contributed by atoms with E-state index in [9.17, 15) is 4.79 Å². The summed E-state index contributed by atoms with van der Waals surface area (Å²) in [6, 6.07) is 0. The van der Waals surface area contributed by atoms with E-state index in [1.54, 1.807) is 6.92 Å². The number of amides is 1. The molecule has 0 spiro atoms. The molecule has 7 heavy (non-hydrogen) atoms. The van der Waals surface area contributed by atoms with Gasteiger partial charge in [0.15, 0.2) is 0 Å². The summed E-state index contributed by atoms with van der Waals surface area (Å²) >= 11 is 0. The molecule has 0 saturated heterocycles. The van der Waals surface area contributed by atoms with Gasteiger partial charge >= 0.3 is 0 Å². The maximum absolute atomic E-state index is 10.0. The number of carbonyl (C=O) groups excluding carboxylic acids is 1. The van der Waals surface area contributed by atoms with E-state index < -0.39 is 11.8 Å². The van der Waals surface area contributed by atoms with Crippen molar-refractivity contribution in [3.05, 3.63) is 0 Å². The van der Waals surface area contributed by atoms with Gasteiger partial charge in [-0.3, -0.25) is 4.79 Å². The second-order valence-corrected chi connectivity index (χ2v) is 1.29. The molecule has 0 heterocycles. The molecule has 1 unspecified atom stereocenters. The lowest BCUT2D eigenvalue weighted by atomic mass is 10.2. The molecule has 0 aromatic heterocycles. The van der Waals surface area contributed by atoms with Crippen molar-refractivity contribution in [3.63, 3.8) is 0 Å². The van der Waals surface area contributed by atoms with Crippen LogP contribution in [-0.2, 0) is 4.79 Å². The van der Waals surface area contributed by atoms with Gasteiger partial charge in [0.2, 0.25) is 5.91 Å². The minimum atomic E-state index is -0.442. The van der Waals surface area contributed by atoms with Crippen LogP contribution in [0.15, 0.2) is 0 Å². The molecule has 1 atom stereocenters. The molecule has 2 heteroatoms. The van der Waals surface area contributed by atoms with E-state index in [2.05, 4.69) is 5.92 Å². The van der Waals surface area contributed by atoms with Crippen molar-refractivity contribution in [3.8, 4) is 12.3 Å². The van der Waals surface area contributed by atoms with E-state index in [1.807, 2.05) is 0 Å². The SMILES string of the molecule is C#CC(C)C(N)=O. The molecule has 0 aromatic rings. The lowest BCUT2D eigenvalue weighted by Crippen LogP contribution is -2.18. The fraction of sp³-hybridized carbons (Fsp3) is 0.400. The van der Waals surface area contributed by atoms with Crippen LogP contribution in [0.1, 0.15) is 6.92 Å². The monoisotopic (exact) mass is 97.1 g/mol. The first kappa shape index (κ1) is 6.03. The maximum atomic E-state index is 10.0. The summed E-state index contributed by atoms with van der Waals surface area (Å²) in [4.78, 5) is 10.0. The Morgan fingerprint density at radius 1 is 2.00 bits per heavy atom. The van der Waals surface area contributed by atoms with Crippen molar-refractivity contribution in [2.75, 3.05) is 0 Å². The van der Waals surface area contributed by atoms with Gasteiger partial charge in [0.05, 0.1) is 5.92 Å². The first-order chi connectivity index (χ1) is 3.18. The van der Waals surface area contributed by atoms with Gasteiger partial charge in [0, 0.05) is 0 Å². The number of hydrogen-bond acceptors (Lipinski definition) is 1. The van der Waals surface area contributed by atoms with Gasteiger partial charge in [0.25, 0.3) is 0 Å². The molecule has 0 bridgehead atoms. The van der Waals surface area contributed by atoms with E-state index in [4.69, 9.17) is 12.2 Å². The van der Waals surface area contributed by atoms with Crippen LogP contribution in [0, 0.1) is 18.3 Å². The van der Waals surface area contributed by atoms with E-state index in [-0.39, 0.29) is 0 Å². The Kier molecular flexibility index (Phi) is 1.94. The van der Waals surface area contributed by atoms with Gasteiger partial charge < -0.3 is 5.73 Å². The summed E-state index contributed by atoms with van der Waals surface area (Å²) in [6.45, 7) is 1.59. The van der Waals surface area contributed by atoms with Crippen molar-refractivity contribution >= 4 is 5.91 Å². The van der Waals surface area contributed by atoms with E-state index in [1.165, 1.54) is 0 Å². The highest BCUT2D eigenvalue weighted by Gasteiger charge is 2.00. The first-order valence-electron chi connectivity index (χ1n) is 1.94. The molecule has 0 saturated carbocycles. The van der Waals surface area contributed by atoms with Crippen LogP contribution in [0.4, 0.5) is 0 Å². The Morgan fingerprint density at radius 3 is 2.43 bits per heavy atom. The Bertz CT molecular complexity index is 112. The Morgan fingerprint density at radius 2 is 2.43 bits per heavy atom. The minimum Gasteiger partial charge on any atom is -0.369 e. The topological polar surface area (TPSA) is 43.1 Å². The van der Waals surface area contributed by atoms with Gasteiger partial charge in [-0.2, -0.15) is 0 Å². The molecule has 0 aliphatic rings. The summed E-state index contributed by atoms with van der Waals surface area (Å²) in [5, 5.41) is 0. The number of rotatable bonds is 1.